The van der Waals surface area contributed by atoms with Crippen molar-refractivity contribution in [3.05, 3.63) is 36.5 Å². The molecule has 0 saturated carbocycles. The molecule has 8 nitrogen and oxygen atoms in total. The number of hydrogen-bond donors (Lipinski definition) is 1. The number of rotatable bonds is 7. The normalized spacial score (nSPS) is 14.2. The zero-order valence-electron chi connectivity index (χ0n) is 12.4. The molecule has 2 aromatic heterocycles. The first kappa shape index (κ1) is 14.8. The molecule has 0 spiro atoms. The van der Waals surface area contributed by atoms with Crippen molar-refractivity contribution in [3.63, 3.8) is 0 Å². The summed E-state index contributed by atoms with van der Waals surface area (Å²) >= 11 is 0. The maximum absolute atomic E-state index is 12.0. The van der Waals surface area contributed by atoms with Crippen LogP contribution in [0.2, 0.25) is 0 Å². The molecule has 0 bridgehead atoms. The number of aromatic nitrogens is 4. The standard InChI is InChI=1S/C15H15N7O/c1-2-3-6-15(20-21-15)7-8-17-14(23)12-4-5-13(19-18-12)22-10-9-16-11-22/h1,4-5,9-11H,3,6-8H2,(H,17,23). The van der Waals surface area contributed by atoms with E-state index in [2.05, 4.69) is 36.6 Å². The highest BCUT2D eigenvalue weighted by Gasteiger charge is 2.38. The monoisotopic (exact) mass is 309 g/mol. The van der Waals surface area contributed by atoms with Gasteiger partial charge >= 0.3 is 0 Å². The quantitative estimate of drug-likeness (QED) is 0.781. The number of nitrogens with one attached hydrogen (secondary N) is 1. The first-order chi connectivity index (χ1) is 11.2. The van der Waals surface area contributed by atoms with Crippen molar-refractivity contribution in [2.75, 3.05) is 6.54 Å². The molecule has 1 N–H and O–H groups in total. The van der Waals surface area contributed by atoms with Crippen LogP contribution in [0.4, 0.5) is 0 Å². The number of carbonyl (C=O) groups is 1. The average Bonchev–Trinajstić information content (AvgIpc) is 3.13. The van der Waals surface area contributed by atoms with Crippen molar-refractivity contribution in [3.8, 4) is 18.2 Å². The van der Waals surface area contributed by atoms with Crippen molar-refractivity contribution >= 4 is 5.91 Å². The molecule has 0 atom stereocenters. The maximum atomic E-state index is 12.0. The van der Waals surface area contributed by atoms with Gasteiger partial charge in [-0.1, -0.05) is 0 Å². The predicted molar refractivity (Wildman–Crippen MR) is 81.8 cm³/mol. The van der Waals surface area contributed by atoms with Crippen LogP contribution in [0, 0.1) is 12.3 Å². The number of nitrogens with zero attached hydrogens (tertiary/aromatic N) is 6. The highest BCUT2D eigenvalue weighted by molar-refractivity contribution is 5.92. The third-order valence-electron chi connectivity index (χ3n) is 3.52. The van der Waals surface area contributed by atoms with Crippen LogP contribution in [0.25, 0.3) is 5.82 Å². The summed E-state index contributed by atoms with van der Waals surface area (Å²) in [5, 5.41) is 18.8. The minimum absolute atomic E-state index is 0.260. The Kier molecular flexibility index (Phi) is 4.10. The SMILES string of the molecule is C#CCCC1(CCNC(=O)c2ccc(-n3ccnc3)nn2)N=N1. The molecule has 8 heteroatoms. The molecular formula is C15H15N7O. The minimum Gasteiger partial charge on any atom is -0.350 e. The van der Waals surface area contributed by atoms with Crippen LogP contribution in [0.15, 0.2) is 41.1 Å². The lowest BCUT2D eigenvalue weighted by Crippen LogP contribution is -2.29. The van der Waals surface area contributed by atoms with Gasteiger partial charge in [-0.25, -0.2) is 4.98 Å². The molecule has 3 rings (SSSR count). The molecule has 0 saturated heterocycles. The molecule has 116 valence electrons. The van der Waals surface area contributed by atoms with Crippen molar-refractivity contribution in [2.24, 2.45) is 10.2 Å². The van der Waals surface area contributed by atoms with Gasteiger partial charge in [0.15, 0.2) is 17.2 Å². The molecule has 1 aliphatic rings. The van der Waals surface area contributed by atoms with E-state index in [1.54, 1.807) is 35.4 Å². The molecular weight excluding hydrogens is 294 g/mol. The lowest BCUT2D eigenvalue weighted by atomic mass is 10.0. The van der Waals surface area contributed by atoms with E-state index in [9.17, 15) is 4.79 Å². The number of terminal acetylenes is 1. The van der Waals surface area contributed by atoms with Gasteiger partial charge in [0.05, 0.1) is 0 Å². The van der Waals surface area contributed by atoms with Gasteiger partial charge in [0.2, 0.25) is 0 Å². The summed E-state index contributed by atoms with van der Waals surface area (Å²) in [5.41, 5.74) is -0.132. The van der Waals surface area contributed by atoms with Gasteiger partial charge in [0, 0.05) is 38.2 Å². The first-order valence-electron chi connectivity index (χ1n) is 7.20. The Morgan fingerprint density at radius 3 is 2.78 bits per heavy atom. The second-order valence-electron chi connectivity index (χ2n) is 5.14. The fourth-order valence-corrected chi connectivity index (χ4v) is 2.11. The number of imidazole rings is 1. The van der Waals surface area contributed by atoms with Crippen LogP contribution in [-0.2, 0) is 0 Å². The van der Waals surface area contributed by atoms with Gasteiger partial charge in [0.25, 0.3) is 5.91 Å². The zero-order valence-corrected chi connectivity index (χ0v) is 12.4. The number of carbonyl (C=O) groups excluding carboxylic acids is 1. The Hall–Kier alpha value is -3.08. The van der Waals surface area contributed by atoms with E-state index in [4.69, 9.17) is 6.42 Å². The Labute approximate surface area is 133 Å². The zero-order chi connectivity index (χ0) is 16.1. The summed E-state index contributed by atoms with van der Waals surface area (Å²) in [6.07, 6.45) is 12.2. The number of amides is 1. The second kappa shape index (κ2) is 6.36. The minimum atomic E-state index is -0.392. The van der Waals surface area contributed by atoms with Crippen molar-refractivity contribution in [2.45, 2.75) is 24.9 Å². The van der Waals surface area contributed by atoms with Gasteiger partial charge in [0.1, 0.15) is 6.33 Å². The first-order valence-corrected chi connectivity index (χ1v) is 7.20. The fraction of sp³-hybridized carbons (Fsp3) is 0.333. The van der Waals surface area contributed by atoms with Crippen LogP contribution in [0.5, 0.6) is 0 Å². The average molecular weight is 309 g/mol. The molecule has 1 aliphatic heterocycles. The van der Waals surface area contributed by atoms with E-state index in [0.717, 1.165) is 6.42 Å². The van der Waals surface area contributed by atoms with E-state index < -0.39 is 5.66 Å². The molecule has 3 heterocycles. The Morgan fingerprint density at radius 1 is 1.30 bits per heavy atom. The van der Waals surface area contributed by atoms with Crippen molar-refractivity contribution in [1.82, 2.24) is 25.1 Å². The smallest absolute Gasteiger partial charge is 0.271 e. The molecule has 0 aromatic carbocycles. The molecule has 1 amide bonds. The lowest BCUT2D eigenvalue weighted by Gasteiger charge is -2.09. The van der Waals surface area contributed by atoms with Gasteiger partial charge in [-0.05, 0) is 12.1 Å². The van der Waals surface area contributed by atoms with Crippen molar-refractivity contribution < 1.29 is 4.79 Å². The van der Waals surface area contributed by atoms with Crippen LogP contribution in [-0.4, -0.2) is 37.9 Å². The van der Waals surface area contributed by atoms with E-state index in [-0.39, 0.29) is 11.6 Å². The molecule has 0 unspecified atom stereocenters. The van der Waals surface area contributed by atoms with Gasteiger partial charge < -0.3 is 5.32 Å². The van der Waals surface area contributed by atoms with Crippen molar-refractivity contribution in [1.29, 1.82) is 0 Å². The molecule has 23 heavy (non-hydrogen) atoms. The van der Waals surface area contributed by atoms with Gasteiger partial charge in [-0.2, -0.15) is 10.2 Å². The predicted octanol–water partition coefficient (Wildman–Crippen LogP) is 1.36. The summed E-state index contributed by atoms with van der Waals surface area (Å²) < 4.78 is 1.71. The highest BCUT2D eigenvalue weighted by Crippen LogP contribution is 2.35. The van der Waals surface area contributed by atoms with E-state index in [1.807, 2.05) is 0 Å². The molecule has 0 radical (unpaired) electrons. The summed E-state index contributed by atoms with van der Waals surface area (Å²) in [6.45, 7) is 0.460. The Bertz CT molecular complexity index is 737. The van der Waals surface area contributed by atoms with Gasteiger partial charge in [-0.15, -0.1) is 22.5 Å². The van der Waals surface area contributed by atoms with E-state index in [1.165, 1.54) is 0 Å². The third kappa shape index (κ3) is 3.58. The topological polar surface area (TPSA) is 97.4 Å². The van der Waals surface area contributed by atoms with Crippen LogP contribution >= 0.6 is 0 Å². The van der Waals surface area contributed by atoms with Crippen LogP contribution in [0.1, 0.15) is 29.8 Å². The fourth-order valence-electron chi connectivity index (χ4n) is 2.11. The molecule has 0 aliphatic carbocycles. The summed E-state index contributed by atoms with van der Waals surface area (Å²) in [7, 11) is 0. The third-order valence-corrected chi connectivity index (χ3v) is 3.52. The van der Waals surface area contributed by atoms with Crippen LogP contribution < -0.4 is 5.32 Å². The lowest BCUT2D eigenvalue weighted by molar-refractivity contribution is 0.0946. The summed E-state index contributed by atoms with van der Waals surface area (Å²) in [5.74, 6) is 2.90. The Balaban J connectivity index is 1.50. The molecule has 0 fully saturated rings. The second-order valence-corrected chi connectivity index (χ2v) is 5.14. The molecule has 2 aromatic rings. The van der Waals surface area contributed by atoms with Crippen LogP contribution in [0.3, 0.4) is 0 Å². The van der Waals surface area contributed by atoms with E-state index >= 15 is 0 Å². The summed E-state index contributed by atoms with van der Waals surface area (Å²) in [4.78, 5) is 16.0. The van der Waals surface area contributed by atoms with E-state index in [0.29, 0.717) is 25.2 Å². The Morgan fingerprint density at radius 2 is 2.17 bits per heavy atom. The van der Waals surface area contributed by atoms with Gasteiger partial charge in [-0.3, -0.25) is 9.36 Å². The largest absolute Gasteiger partial charge is 0.350 e. The number of hydrogen-bond acceptors (Lipinski definition) is 6. The summed E-state index contributed by atoms with van der Waals surface area (Å²) in [6, 6.07) is 3.33. The maximum Gasteiger partial charge on any atom is 0.271 e. The highest BCUT2D eigenvalue weighted by atomic mass is 16.1.